The average molecular weight is 263 g/mol. The highest BCUT2D eigenvalue weighted by Gasteiger charge is 2.46. The molecule has 1 atom stereocenters. The van der Waals surface area contributed by atoms with Crippen LogP contribution in [0.2, 0.25) is 0 Å². The molecule has 1 aliphatic heterocycles. The van der Waals surface area contributed by atoms with E-state index >= 15 is 0 Å². The van der Waals surface area contributed by atoms with Crippen LogP contribution < -0.4 is 5.76 Å². The van der Waals surface area contributed by atoms with Crippen LogP contribution in [0.25, 0.3) is 11.1 Å². The summed E-state index contributed by atoms with van der Waals surface area (Å²) in [5.74, 6) is -0.287. The predicted octanol–water partition coefficient (Wildman–Crippen LogP) is 1.41. The Morgan fingerprint density at radius 1 is 1.47 bits per heavy atom. The van der Waals surface area contributed by atoms with Gasteiger partial charge in [0, 0.05) is 12.0 Å². The predicted molar refractivity (Wildman–Crippen MR) is 70.2 cm³/mol. The molecular formula is C14H17NO4. The van der Waals surface area contributed by atoms with Crippen LogP contribution in [0, 0.1) is 5.92 Å². The van der Waals surface area contributed by atoms with Crippen molar-refractivity contribution in [2.45, 2.75) is 18.8 Å². The molecule has 0 aliphatic carbocycles. The lowest BCUT2D eigenvalue weighted by Gasteiger charge is -2.47. The number of aromatic nitrogens is 1. The summed E-state index contributed by atoms with van der Waals surface area (Å²) in [6.45, 7) is 3.41. The van der Waals surface area contributed by atoms with Gasteiger partial charge in [0.25, 0.3) is 0 Å². The lowest BCUT2D eigenvalue weighted by molar-refractivity contribution is -0.101. The summed E-state index contributed by atoms with van der Waals surface area (Å²) >= 11 is 0. The minimum atomic E-state index is -0.444. The van der Waals surface area contributed by atoms with E-state index in [9.17, 15) is 9.90 Å². The minimum Gasteiger partial charge on any atom is -0.408 e. The minimum absolute atomic E-state index is 0.134. The van der Waals surface area contributed by atoms with Gasteiger partial charge in [-0.1, -0.05) is 19.4 Å². The number of H-pyrrole nitrogens is 1. The van der Waals surface area contributed by atoms with Crippen LogP contribution >= 0.6 is 0 Å². The molecule has 0 saturated carbocycles. The van der Waals surface area contributed by atoms with Crippen LogP contribution in [0.1, 0.15) is 18.9 Å². The number of rotatable bonds is 4. The second kappa shape index (κ2) is 4.51. The topological polar surface area (TPSA) is 75.5 Å². The van der Waals surface area contributed by atoms with E-state index in [1.165, 1.54) is 0 Å². The molecule has 2 aromatic rings. The van der Waals surface area contributed by atoms with Gasteiger partial charge in [0.05, 0.1) is 18.7 Å². The molecule has 1 fully saturated rings. The number of nitrogens with one attached hydrogen (secondary N) is 1. The molecule has 19 heavy (non-hydrogen) atoms. The van der Waals surface area contributed by atoms with Crippen LogP contribution in [-0.2, 0) is 10.2 Å². The Hall–Kier alpha value is -1.59. The molecule has 2 N–H and O–H groups in total. The van der Waals surface area contributed by atoms with Gasteiger partial charge in [0.1, 0.15) is 0 Å². The zero-order valence-electron chi connectivity index (χ0n) is 10.8. The summed E-state index contributed by atoms with van der Waals surface area (Å²) in [4.78, 5) is 13.8. The van der Waals surface area contributed by atoms with Crippen molar-refractivity contribution in [1.82, 2.24) is 4.98 Å². The third-order valence-corrected chi connectivity index (χ3v) is 4.21. The van der Waals surface area contributed by atoms with Gasteiger partial charge in [-0.15, -0.1) is 0 Å². The largest absolute Gasteiger partial charge is 0.417 e. The van der Waals surface area contributed by atoms with Gasteiger partial charge >= 0.3 is 5.76 Å². The number of aliphatic hydroxyl groups is 1. The highest BCUT2D eigenvalue weighted by Crippen LogP contribution is 2.41. The first-order valence-electron chi connectivity index (χ1n) is 6.51. The van der Waals surface area contributed by atoms with E-state index in [0.717, 1.165) is 12.0 Å². The van der Waals surface area contributed by atoms with Crippen molar-refractivity contribution in [2.75, 3.05) is 19.8 Å². The molecular weight excluding hydrogens is 246 g/mol. The van der Waals surface area contributed by atoms with Crippen LogP contribution in [0.3, 0.4) is 0 Å². The normalized spacial score (nSPS) is 19.3. The summed E-state index contributed by atoms with van der Waals surface area (Å²) < 4.78 is 10.5. The summed E-state index contributed by atoms with van der Waals surface area (Å²) in [5.41, 5.74) is 2.16. The number of ether oxygens (including phenoxy) is 1. The summed E-state index contributed by atoms with van der Waals surface area (Å²) in [6, 6.07) is 5.71. The Balaban J connectivity index is 2.08. The monoisotopic (exact) mass is 263 g/mol. The number of aromatic amines is 1. The molecule has 1 aliphatic rings. The van der Waals surface area contributed by atoms with Crippen molar-refractivity contribution in [3.05, 3.63) is 34.3 Å². The average Bonchev–Trinajstić information content (AvgIpc) is 2.72. The van der Waals surface area contributed by atoms with Crippen molar-refractivity contribution >= 4 is 11.1 Å². The molecule has 1 unspecified atom stereocenters. The highest BCUT2D eigenvalue weighted by molar-refractivity contribution is 5.73. The van der Waals surface area contributed by atoms with Gasteiger partial charge in [0.2, 0.25) is 0 Å². The molecule has 5 heteroatoms. The fraction of sp³-hybridized carbons (Fsp3) is 0.500. The van der Waals surface area contributed by atoms with Crippen LogP contribution in [-0.4, -0.2) is 29.9 Å². The van der Waals surface area contributed by atoms with Gasteiger partial charge in [-0.2, -0.15) is 0 Å². The van der Waals surface area contributed by atoms with Gasteiger partial charge in [-0.25, -0.2) is 4.79 Å². The van der Waals surface area contributed by atoms with E-state index in [1.807, 2.05) is 18.2 Å². The van der Waals surface area contributed by atoms with Gasteiger partial charge in [-0.3, -0.25) is 4.98 Å². The summed E-state index contributed by atoms with van der Waals surface area (Å²) in [6.07, 6.45) is 0.884. The zero-order chi connectivity index (χ0) is 13.5. The number of hydrogen-bond acceptors (Lipinski definition) is 4. The summed E-state index contributed by atoms with van der Waals surface area (Å²) in [7, 11) is 0. The Bertz CT molecular complexity index is 634. The van der Waals surface area contributed by atoms with Crippen molar-refractivity contribution in [1.29, 1.82) is 0 Å². The van der Waals surface area contributed by atoms with Crippen LogP contribution in [0.5, 0.6) is 0 Å². The number of hydrogen-bond donors (Lipinski definition) is 2. The van der Waals surface area contributed by atoms with Crippen molar-refractivity contribution in [3.8, 4) is 0 Å². The van der Waals surface area contributed by atoms with Crippen LogP contribution in [0.15, 0.2) is 27.4 Å². The Kier molecular flexibility index (Phi) is 2.95. The molecule has 1 aromatic carbocycles. The summed E-state index contributed by atoms with van der Waals surface area (Å²) in [5, 5.41) is 9.57. The lowest BCUT2D eigenvalue weighted by atomic mass is 9.68. The second-order valence-electron chi connectivity index (χ2n) is 5.16. The Morgan fingerprint density at radius 3 is 2.84 bits per heavy atom. The van der Waals surface area contributed by atoms with E-state index < -0.39 is 5.76 Å². The smallest absolute Gasteiger partial charge is 0.408 e. The number of benzene rings is 1. The van der Waals surface area contributed by atoms with Crippen molar-refractivity contribution in [3.63, 3.8) is 0 Å². The fourth-order valence-corrected chi connectivity index (χ4v) is 2.91. The Labute approximate surface area is 110 Å². The second-order valence-corrected chi connectivity index (χ2v) is 5.16. The number of fused-ring (bicyclic) bond motifs is 1. The molecule has 3 rings (SSSR count). The quantitative estimate of drug-likeness (QED) is 0.874. The maximum absolute atomic E-state index is 11.2. The van der Waals surface area contributed by atoms with Crippen LogP contribution in [0.4, 0.5) is 0 Å². The Morgan fingerprint density at radius 2 is 2.26 bits per heavy atom. The first-order chi connectivity index (χ1) is 9.19. The molecule has 2 heterocycles. The zero-order valence-corrected chi connectivity index (χ0v) is 10.8. The maximum atomic E-state index is 11.2. The van der Waals surface area contributed by atoms with E-state index in [1.54, 1.807) is 0 Å². The molecule has 0 radical (unpaired) electrons. The fourth-order valence-electron chi connectivity index (χ4n) is 2.91. The maximum Gasteiger partial charge on any atom is 0.417 e. The first kappa shape index (κ1) is 12.4. The molecule has 0 amide bonds. The van der Waals surface area contributed by atoms with Crippen molar-refractivity contribution in [2.24, 2.45) is 5.92 Å². The molecule has 1 saturated heterocycles. The van der Waals surface area contributed by atoms with Crippen molar-refractivity contribution < 1.29 is 14.3 Å². The lowest BCUT2D eigenvalue weighted by Crippen LogP contribution is -2.53. The molecule has 1 aromatic heterocycles. The molecule has 0 spiro atoms. The molecule has 0 bridgehead atoms. The number of aliphatic hydroxyl groups excluding tert-OH is 1. The van der Waals surface area contributed by atoms with Gasteiger partial charge in [-0.05, 0) is 23.6 Å². The SMILES string of the molecule is CCC(CO)C1(c2ccc3[nH]c(=O)oc3c2)COC1. The first-order valence-corrected chi connectivity index (χ1v) is 6.51. The van der Waals surface area contributed by atoms with E-state index in [4.69, 9.17) is 9.15 Å². The number of oxazole rings is 1. The highest BCUT2D eigenvalue weighted by atomic mass is 16.5. The third-order valence-electron chi connectivity index (χ3n) is 4.21. The van der Waals surface area contributed by atoms with Gasteiger partial charge in [0.15, 0.2) is 5.58 Å². The molecule has 102 valence electrons. The van der Waals surface area contributed by atoms with E-state index in [2.05, 4.69) is 11.9 Å². The molecule has 5 nitrogen and oxygen atoms in total. The van der Waals surface area contributed by atoms with Gasteiger partial charge < -0.3 is 14.3 Å². The standard InChI is InChI=1S/C14H17NO4/c1-2-9(6-16)14(7-18-8-14)10-3-4-11-12(5-10)19-13(17)15-11/h3-5,9,16H,2,6-8H2,1H3,(H,15,17). The van der Waals surface area contributed by atoms with E-state index in [-0.39, 0.29) is 17.9 Å². The van der Waals surface area contributed by atoms with E-state index in [0.29, 0.717) is 24.3 Å². The third kappa shape index (κ3) is 1.81.